The van der Waals surface area contributed by atoms with E-state index in [1.54, 1.807) is 5.56 Å². The van der Waals surface area contributed by atoms with Gasteiger partial charge in [-0.3, -0.25) is 0 Å². The summed E-state index contributed by atoms with van der Waals surface area (Å²) in [5.41, 5.74) is 1.56. The van der Waals surface area contributed by atoms with Gasteiger partial charge in [-0.2, -0.15) is 0 Å². The van der Waals surface area contributed by atoms with Crippen LogP contribution in [0.25, 0.3) is 0 Å². The monoisotopic (exact) mass is 242 g/mol. The van der Waals surface area contributed by atoms with Crippen LogP contribution in [0.1, 0.15) is 51.0 Å². The SMILES string of the molecule is CCCCCC1C2CCC(Cc3ccccc3)C12. The van der Waals surface area contributed by atoms with Gasteiger partial charge in [0.2, 0.25) is 0 Å². The van der Waals surface area contributed by atoms with Crippen molar-refractivity contribution in [3.63, 3.8) is 0 Å². The Balaban J connectivity index is 1.50. The molecular formula is C18H26. The molecule has 2 aliphatic rings. The first-order valence-corrected chi connectivity index (χ1v) is 7.94. The molecule has 0 heterocycles. The minimum Gasteiger partial charge on any atom is -0.0654 e. The summed E-state index contributed by atoms with van der Waals surface area (Å²) in [5, 5.41) is 0. The van der Waals surface area contributed by atoms with Crippen LogP contribution in [0.2, 0.25) is 0 Å². The minimum absolute atomic E-state index is 1.00. The quantitative estimate of drug-likeness (QED) is 0.610. The fraction of sp³-hybridized carbons (Fsp3) is 0.667. The number of benzene rings is 1. The summed E-state index contributed by atoms with van der Waals surface area (Å²) in [4.78, 5) is 0. The molecule has 2 saturated carbocycles. The second kappa shape index (κ2) is 5.47. The number of fused-ring (bicyclic) bond motifs is 1. The van der Waals surface area contributed by atoms with E-state index in [-0.39, 0.29) is 0 Å². The summed E-state index contributed by atoms with van der Waals surface area (Å²) < 4.78 is 0. The molecule has 98 valence electrons. The van der Waals surface area contributed by atoms with Gasteiger partial charge in [0.1, 0.15) is 0 Å². The van der Waals surface area contributed by atoms with Crippen LogP contribution in [-0.4, -0.2) is 0 Å². The Morgan fingerprint density at radius 2 is 1.89 bits per heavy atom. The third-order valence-electron chi connectivity index (χ3n) is 5.29. The molecule has 2 aliphatic carbocycles. The first kappa shape index (κ1) is 12.3. The molecule has 3 rings (SSSR count). The molecule has 1 aromatic carbocycles. The van der Waals surface area contributed by atoms with Crippen molar-refractivity contribution in [3.8, 4) is 0 Å². The van der Waals surface area contributed by atoms with Gasteiger partial charge in [0.25, 0.3) is 0 Å². The second-order valence-electron chi connectivity index (χ2n) is 6.43. The van der Waals surface area contributed by atoms with Gasteiger partial charge in [-0.25, -0.2) is 0 Å². The van der Waals surface area contributed by atoms with E-state index in [0.29, 0.717) is 0 Å². The summed E-state index contributed by atoms with van der Waals surface area (Å²) in [6.07, 6.45) is 10.2. The van der Waals surface area contributed by atoms with Crippen LogP contribution in [0.3, 0.4) is 0 Å². The maximum Gasteiger partial charge on any atom is -0.0248 e. The van der Waals surface area contributed by atoms with E-state index in [1.165, 1.54) is 44.9 Å². The van der Waals surface area contributed by atoms with Crippen molar-refractivity contribution in [2.24, 2.45) is 23.7 Å². The lowest BCUT2D eigenvalue weighted by molar-refractivity contribution is 0.410. The average Bonchev–Trinajstić information content (AvgIpc) is 2.93. The first-order valence-electron chi connectivity index (χ1n) is 7.94. The van der Waals surface area contributed by atoms with Gasteiger partial charge in [0, 0.05) is 0 Å². The summed E-state index contributed by atoms with van der Waals surface area (Å²) >= 11 is 0. The predicted molar refractivity (Wildman–Crippen MR) is 77.5 cm³/mol. The van der Waals surface area contributed by atoms with Gasteiger partial charge in [0.15, 0.2) is 0 Å². The van der Waals surface area contributed by atoms with E-state index in [2.05, 4.69) is 37.3 Å². The molecule has 4 atom stereocenters. The van der Waals surface area contributed by atoms with Gasteiger partial charge >= 0.3 is 0 Å². The molecule has 18 heavy (non-hydrogen) atoms. The fourth-order valence-electron chi connectivity index (χ4n) is 4.37. The van der Waals surface area contributed by atoms with E-state index in [0.717, 1.165) is 23.7 Å². The zero-order valence-corrected chi connectivity index (χ0v) is 11.6. The Kier molecular flexibility index (Phi) is 3.72. The van der Waals surface area contributed by atoms with Crippen molar-refractivity contribution in [1.29, 1.82) is 0 Å². The highest BCUT2D eigenvalue weighted by Gasteiger charge is 2.56. The second-order valence-corrected chi connectivity index (χ2v) is 6.43. The average molecular weight is 242 g/mol. The lowest BCUT2D eigenvalue weighted by Crippen LogP contribution is -2.06. The maximum atomic E-state index is 2.31. The molecule has 0 nitrogen and oxygen atoms in total. The standard InChI is InChI=1S/C18H26/c1-2-3-5-10-16-17-12-11-15(18(16)17)13-14-8-6-4-7-9-14/h4,6-9,15-18H,2-3,5,10-13H2,1H3. The van der Waals surface area contributed by atoms with Gasteiger partial charge in [0.05, 0.1) is 0 Å². The Hall–Kier alpha value is -0.780. The van der Waals surface area contributed by atoms with Crippen LogP contribution in [0.15, 0.2) is 30.3 Å². The highest BCUT2D eigenvalue weighted by Crippen LogP contribution is 2.62. The van der Waals surface area contributed by atoms with Gasteiger partial charge in [-0.15, -0.1) is 0 Å². The highest BCUT2D eigenvalue weighted by molar-refractivity contribution is 5.17. The lowest BCUT2D eigenvalue weighted by Gasteiger charge is -2.14. The van der Waals surface area contributed by atoms with Crippen molar-refractivity contribution in [2.45, 2.75) is 51.9 Å². The third-order valence-corrected chi connectivity index (χ3v) is 5.29. The Morgan fingerprint density at radius 3 is 2.67 bits per heavy atom. The first-order chi connectivity index (χ1) is 8.90. The molecule has 0 N–H and O–H groups in total. The summed E-state index contributed by atoms with van der Waals surface area (Å²) in [7, 11) is 0. The zero-order chi connectivity index (χ0) is 12.4. The Morgan fingerprint density at radius 1 is 1.06 bits per heavy atom. The van der Waals surface area contributed by atoms with Gasteiger partial charge in [-0.05, 0) is 54.9 Å². The van der Waals surface area contributed by atoms with Crippen molar-refractivity contribution < 1.29 is 0 Å². The summed E-state index contributed by atoms with van der Waals surface area (Å²) in [6, 6.07) is 11.1. The molecule has 4 unspecified atom stereocenters. The molecule has 2 fully saturated rings. The van der Waals surface area contributed by atoms with Crippen LogP contribution in [-0.2, 0) is 6.42 Å². The lowest BCUT2D eigenvalue weighted by atomic mass is 9.91. The molecule has 0 radical (unpaired) electrons. The molecule has 0 bridgehead atoms. The van der Waals surface area contributed by atoms with Crippen molar-refractivity contribution in [2.75, 3.05) is 0 Å². The van der Waals surface area contributed by atoms with Gasteiger partial charge < -0.3 is 0 Å². The van der Waals surface area contributed by atoms with Crippen molar-refractivity contribution in [1.82, 2.24) is 0 Å². The molecule has 0 spiro atoms. The van der Waals surface area contributed by atoms with Crippen molar-refractivity contribution in [3.05, 3.63) is 35.9 Å². The smallest absolute Gasteiger partial charge is 0.0248 e. The van der Waals surface area contributed by atoms with Crippen molar-refractivity contribution >= 4 is 0 Å². The predicted octanol–water partition coefficient (Wildman–Crippen LogP) is 5.08. The molecule has 1 aromatic rings. The third kappa shape index (κ3) is 2.48. The van der Waals surface area contributed by atoms with E-state index in [4.69, 9.17) is 0 Å². The fourth-order valence-corrected chi connectivity index (χ4v) is 4.37. The molecule has 0 heteroatoms. The summed E-state index contributed by atoms with van der Waals surface area (Å²) in [5.74, 6) is 4.33. The molecular weight excluding hydrogens is 216 g/mol. The number of unbranched alkanes of at least 4 members (excludes halogenated alkanes) is 2. The molecule has 0 aliphatic heterocycles. The normalized spacial score (nSPS) is 33.4. The molecule has 0 amide bonds. The molecule has 0 aromatic heterocycles. The van der Waals surface area contributed by atoms with E-state index >= 15 is 0 Å². The van der Waals surface area contributed by atoms with Crippen LogP contribution in [0.5, 0.6) is 0 Å². The largest absolute Gasteiger partial charge is 0.0654 e. The van der Waals surface area contributed by atoms with E-state index < -0.39 is 0 Å². The van der Waals surface area contributed by atoms with Gasteiger partial charge in [-0.1, -0.05) is 56.5 Å². The van der Waals surface area contributed by atoms with E-state index in [1.807, 2.05) is 0 Å². The Bertz CT molecular complexity index is 367. The highest BCUT2D eigenvalue weighted by atomic mass is 14.6. The molecule has 0 saturated heterocycles. The number of hydrogen-bond donors (Lipinski definition) is 0. The maximum absolute atomic E-state index is 2.31. The van der Waals surface area contributed by atoms with Crippen LogP contribution in [0.4, 0.5) is 0 Å². The van der Waals surface area contributed by atoms with Crippen LogP contribution >= 0.6 is 0 Å². The van der Waals surface area contributed by atoms with E-state index in [9.17, 15) is 0 Å². The number of rotatable bonds is 6. The topological polar surface area (TPSA) is 0 Å². The van der Waals surface area contributed by atoms with Crippen LogP contribution < -0.4 is 0 Å². The Labute approximate surface area is 112 Å². The summed E-state index contributed by atoms with van der Waals surface area (Å²) in [6.45, 7) is 2.31. The number of hydrogen-bond acceptors (Lipinski definition) is 0. The van der Waals surface area contributed by atoms with Crippen LogP contribution in [0, 0.1) is 23.7 Å². The minimum atomic E-state index is 1.00. The zero-order valence-electron chi connectivity index (χ0n) is 11.6.